The number of carbonyl (C=O) groups is 1. The highest BCUT2D eigenvalue weighted by Crippen LogP contribution is 2.15. The number of H-pyrrole nitrogens is 2. The highest BCUT2D eigenvalue weighted by atomic mass is 19.1. The largest absolute Gasteiger partial charge is 0.352 e. The average molecular weight is 360 g/mol. The van der Waals surface area contributed by atoms with Gasteiger partial charge in [0.05, 0.1) is 6.42 Å². The summed E-state index contributed by atoms with van der Waals surface area (Å²) in [6, 6.07) is 7.73. The Morgan fingerprint density at radius 1 is 1.23 bits per heavy atom. The quantitative estimate of drug-likeness (QED) is 0.724. The Balaban J connectivity index is 1.57. The molecule has 3 N–H and O–H groups in total. The maximum atomic E-state index is 13.8. The third-order valence-electron chi connectivity index (χ3n) is 4.47. The predicted octanol–water partition coefficient (Wildman–Crippen LogP) is 0.526. The molecule has 1 aliphatic heterocycles. The lowest BCUT2D eigenvalue weighted by molar-refractivity contribution is -0.121. The summed E-state index contributed by atoms with van der Waals surface area (Å²) in [4.78, 5) is 37.2. The third kappa shape index (κ3) is 4.66. The fraction of sp³-hybridized carbons (Fsp3) is 0.389. The summed E-state index contributed by atoms with van der Waals surface area (Å²) in [6.07, 6.45) is 1.57. The summed E-state index contributed by atoms with van der Waals surface area (Å²) in [6.45, 7) is 1.95. The number of piperidine rings is 1. The van der Waals surface area contributed by atoms with Crippen molar-refractivity contribution in [3.63, 3.8) is 0 Å². The summed E-state index contributed by atoms with van der Waals surface area (Å²) in [5.74, 6) is -0.536. The summed E-state index contributed by atoms with van der Waals surface area (Å²) in [5.41, 5.74) is -0.175. The van der Waals surface area contributed by atoms with E-state index in [9.17, 15) is 18.8 Å². The molecular weight excluding hydrogens is 339 g/mol. The van der Waals surface area contributed by atoms with Crippen LogP contribution in [0.5, 0.6) is 0 Å². The molecule has 1 aliphatic rings. The molecule has 138 valence electrons. The maximum Gasteiger partial charge on any atom is 0.266 e. The van der Waals surface area contributed by atoms with Crippen molar-refractivity contribution < 1.29 is 9.18 Å². The van der Waals surface area contributed by atoms with E-state index in [4.69, 9.17) is 0 Å². The predicted molar refractivity (Wildman–Crippen MR) is 94.2 cm³/mol. The molecule has 1 atom stereocenters. The number of amides is 1. The van der Waals surface area contributed by atoms with Crippen molar-refractivity contribution in [1.82, 2.24) is 20.4 Å². The van der Waals surface area contributed by atoms with E-state index in [0.717, 1.165) is 25.5 Å². The second-order valence-electron chi connectivity index (χ2n) is 6.52. The van der Waals surface area contributed by atoms with Crippen LogP contribution < -0.4 is 16.4 Å². The minimum atomic E-state index is -0.482. The lowest BCUT2D eigenvalue weighted by Crippen LogP contribution is -2.48. The molecule has 1 fully saturated rings. The van der Waals surface area contributed by atoms with Gasteiger partial charge in [0, 0.05) is 36.3 Å². The first kappa shape index (κ1) is 18.1. The zero-order chi connectivity index (χ0) is 18.5. The SMILES string of the molecule is O=C(Cc1cc(=O)[nH][nH]c1=O)N[C@H]1CCCN(Cc2ccccc2F)C1. The van der Waals surface area contributed by atoms with Gasteiger partial charge in [-0.05, 0) is 25.5 Å². The van der Waals surface area contributed by atoms with Crippen molar-refractivity contribution in [3.05, 3.63) is 68.0 Å². The summed E-state index contributed by atoms with van der Waals surface area (Å²) >= 11 is 0. The van der Waals surface area contributed by atoms with Crippen molar-refractivity contribution in [3.8, 4) is 0 Å². The Labute approximate surface area is 149 Å². The van der Waals surface area contributed by atoms with Gasteiger partial charge in [-0.25, -0.2) is 4.39 Å². The fourth-order valence-electron chi connectivity index (χ4n) is 3.23. The van der Waals surface area contributed by atoms with E-state index in [1.807, 2.05) is 0 Å². The molecule has 3 rings (SSSR count). The van der Waals surface area contributed by atoms with Crippen LogP contribution in [0.25, 0.3) is 0 Å². The minimum Gasteiger partial charge on any atom is -0.352 e. The van der Waals surface area contributed by atoms with Gasteiger partial charge in [0.2, 0.25) is 5.91 Å². The molecule has 26 heavy (non-hydrogen) atoms. The van der Waals surface area contributed by atoms with E-state index in [1.165, 1.54) is 6.07 Å². The van der Waals surface area contributed by atoms with Crippen molar-refractivity contribution in [1.29, 1.82) is 0 Å². The number of hydrogen-bond acceptors (Lipinski definition) is 4. The second kappa shape index (κ2) is 8.09. The fourth-order valence-corrected chi connectivity index (χ4v) is 3.23. The van der Waals surface area contributed by atoms with Crippen LogP contribution in [0.3, 0.4) is 0 Å². The highest BCUT2D eigenvalue weighted by Gasteiger charge is 2.22. The van der Waals surface area contributed by atoms with Crippen LogP contribution in [0.2, 0.25) is 0 Å². The molecule has 2 heterocycles. The molecular formula is C18H21FN4O3. The van der Waals surface area contributed by atoms with E-state index in [0.29, 0.717) is 18.7 Å². The molecule has 1 saturated heterocycles. The molecule has 0 radical (unpaired) electrons. The van der Waals surface area contributed by atoms with Crippen molar-refractivity contribution in [2.75, 3.05) is 13.1 Å². The second-order valence-corrected chi connectivity index (χ2v) is 6.52. The third-order valence-corrected chi connectivity index (χ3v) is 4.47. The minimum absolute atomic E-state index is 0.0656. The number of likely N-dealkylation sites (tertiary alicyclic amines) is 1. The van der Waals surface area contributed by atoms with Crippen molar-refractivity contribution in [2.45, 2.75) is 31.8 Å². The molecule has 0 aliphatic carbocycles. The number of hydrogen-bond donors (Lipinski definition) is 3. The van der Waals surface area contributed by atoms with Gasteiger partial charge in [0.1, 0.15) is 5.82 Å². The van der Waals surface area contributed by atoms with Crippen LogP contribution in [-0.4, -0.2) is 40.1 Å². The molecule has 1 aromatic carbocycles. The molecule has 7 nitrogen and oxygen atoms in total. The van der Waals surface area contributed by atoms with Gasteiger partial charge in [-0.1, -0.05) is 18.2 Å². The zero-order valence-electron chi connectivity index (χ0n) is 14.3. The van der Waals surface area contributed by atoms with Gasteiger partial charge >= 0.3 is 0 Å². The number of carbonyl (C=O) groups excluding carboxylic acids is 1. The van der Waals surface area contributed by atoms with Crippen LogP contribution in [-0.2, 0) is 17.8 Å². The number of rotatable bonds is 5. The van der Waals surface area contributed by atoms with Crippen LogP contribution in [0.15, 0.2) is 39.9 Å². The van der Waals surface area contributed by atoms with E-state index in [2.05, 4.69) is 20.4 Å². The van der Waals surface area contributed by atoms with Gasteiger partial charge in [-0.3, -0.25) is 29.5 Å². The number of aromatic amines is 2. The maximum absolute atomic E-state index is 13.8. The van der Waals surface area contributed by atoms with E-state index >= 15 is 0 Å². The first-order valence-electron chi connectivity index (χ1n) is 8.57. The molecule has 8 heteroatoms. The van der Waals surface area contributed by atoms with Gasteiger partial charge in [0.25, 0.3) is 11.1 Å². The standard InChI is InChI=1S/C18H21FN4O3/c19-15-6-2-1-4-12(15)10-23-7-3-5-14(11-23)20-16(24)8-13-9-17(25)21-22-18(13)26/h1-2,4,6,9,14H,3,5,7-8,10-11H2,(H,20,24)(H,21,25)(H,22,26)/t14-/m0/s1. The number of halogens is 1. The van der Waals surface area contributed by atoms with E-state index < -0.39 is 11.1 Å². The number of aromatic nitrogens is 2. The lowest BCUT2D eigenvalue weighted by atomic mass is 10.0. The molecule has 1 amide bonds. The first-order chi connectivity index (χ1) is 12.5. The van der Waals surface area contributed by atoms with Crippen LogP contribution in [0, 0.1) is 5.82 Å². The topological polar surface area (TPSA) is 98.1 Å². The monoisotopic (exact) mass is 360 g/mol. The Bertz CT molecular complexity index is 892. The van der Waals surface area contributed by atoms with Crippen LogP contribution in [0.1, 0.15) is 24.0 Å². The van der Waals surface area contributed by atoms with Gasteiger partial charge in [-0.15, -0.1) is 0 Å². The summed E-state index contributed by atoms with van der Waals surface area (Å²) < 4.78 is 13.8. The zero-order valence-corrected chi connectivity index (χ0v) is 14.3. The van der Waals surface area contributed by atoms with Gasteiger partial charge in [-0.2, -0.15) is 0 Å². The lowest BCUT2D eigenvalue weighted by Gasteiger charge is -2.33. The Hall–Kier alpha value is -2.74. The first-order valence-corrected chi connectivity index (χ1v) is 8.57. The molecule has 0 bridgehead atoms. The van der Waals surface area contributed by atoms with Crippen LogP contribution >= 0.6 is 0 Å². The average Bonchev–Trinajstić information content (AvgIpc) is 2.60. The van der Waals surface area contributed by atoms with Gasteiger partial charge < -0.3 is 5.32 Å². The van der Waals surface area contributed by atoms with Crippen LogP contribution in [0.4, 0.5) is 4.39 Å². The molecule has 0 unspecified atom stereocenters. The number of benzene rings is 1. The molecule has 0 saturated carbocycles. The van der Waals surface area contributed by atoms with E-state index in [-0.39, 0.29) is 29.8 Å². The Morgan fingerprint density at radius 3 is 2.85 bits per heavy atom. The molecule has 1 aromatic heterocycles. The van der Waals surface area contributed by atoms with Crippen molar-refractivity contribution >= 4 is 5.91 Å². The van der Waals surface area contributed by atoms with Gasteiger partial charge in [0.15, 0.2) is 0 Å². The molecule has 2 aromatic rings. The van der Waals surface area contributed by atoms with E-state index in [1.54, 1.807) is 18.2 Å². The smallest absolute Gasteiger partial charge is 0.266 e. The Kier molecular flexibility index (Phi) is 5.62. The highest BCUT2D eigenvalue weighted by molar-refractivity contribution is 5.78. The number of nitrogens with zero attached hydrogens (tertiary/aromatic N) is 1. The Morgan fingerprint density at radius 2 is 2.04 bits per heavy atom. The normalized spacial score (nSPS) is 17.8. The summed E-state index contributed by atoms with van der Waals surface area (Å²) in [5, 5.41) is 7.27. The number of nitrogens with one attached hydrogen (secondary N) is 3. The summed E-state index contributed by atoms with van der Waals surface area (Å²) in [7, 11) is 0. The molecule has 0 spiro atoms. The van der Waals surface area contributed by atoms with Crippen molar-refractivity contribution in [2.24, 2.45) is 0 Å².